The van der Waals surface area contributed by atoms with Crippen molar-refractivity contribution in [3.63, 3.8) is 0 Å². The Morgan fingerprint density at radius 2 is 0.892 bits per heavy atom. The SMILES string of the molecule is CN(c1cc[n+](C[C@H]2C[C@@H]2C[n+]2ccc(N(C)c3cc(Cl)cc(Cl)c3)cc2)cc1)c1cc(Cl)cc(Cl)c1. The van der Waals surface area contributed by atoms with Gasteiger partial charge in [0.2, 0.25) is 0 Å². The van der Waals surface area contributed by atoms with Crippen molar-refractivity contribution in [2.75, 3.05) is 23.9 Å². The quantitative estimate of drug-likeness (QED) is 0.200. The molecule has 1 fully saturated rings. The molecule has 0 amide bonds. The molecular formula is C29H28Cl4N4+2. The zero-order valence-corrected chi connectivity index (χ0v) is 23.7. The summed E-state index contributed by atoms with van der Waals surface area (Å²) in [7, 11) is 4.03. The monoisotopic (exact) mass is 572 g/mol. The van der Waals surface area contributed by atoms with Gasteiger partial charge in [0.15, 0.2) is 37.9 Å². The van der Waals surface area contributed by atoms with E-state index in [4.69, 9.17) is 46.4 Å². The van der Waals surface area contributed by atoms with E-state index in [1.807, 2.05) is 38.4 Å². The van der Waals surface area contributed by atoms with Crippen LogP contribution in [-0.2, 0) is 13.1 Å². The van der Waals surface area contributed by atoms with Crippen LogP contribution in [-0.4, -0.2) is 14.1 Å². The van der Waals surface area contributed by atoms with E-state index < -0.39 is 0 Å². The molecule has 4 nitrogen and oxygen atoms in total. The van der Waals surface area contributed by atoms with Crippen LogP contribution in [0, 0.1) is 11.8 Å². The second-order valence-corrected chi connectivity index (χ2v) is 11.4. The van der Waals surface area contributed by atoms with Crippen LogP contribution in [0.1, 0.15) is 6.42 Å². The number of pyridine rings is 2. The third-order valence-corrected chi connectivity index (χ3v) is 7.82. The highest BCUT2D eigenvalue weighted by Gasteiger charge is 2.42. The Morgan fingerprint density at radius 1 is 0.568 bits per heavy atom. The summed E-state index contributed by atoms with van der Waals surface area (Å²) >= 11 is 24.7. The maximum atomic E-state index is 6.17. The Balaban J connectivity index is 1.15. The fourth-order valence-corrected chi connectivity index (χ4v) is 5.68. The molecule has 2 aromatic heterocycles. The van der Waals surface area contributed by atoms with Crippen molar-refractivity contribution < 1.29 is 9.13 Å². The smallest absolute Gasteiger partial charge is 0.170 e. The van der Waals surface area contributed by atoms with Crippen LogP contribution in [0.2, 0.25) is 20.1 Å². The molecule has 1 saturated carbocycles. The summed E-state index contributed by atoms with van der Waals surface area (Å²) in [5.74, 6) is 1.37. The zero-order chi connectivity index (χ0) is 26.1. The van der Waals surface area contributed by atoms with Gasteiger partial charge in [-0.05, 0) is 42.8 Å². The van der Waals surface area contributed by atoms with E-state index in [0.29, 0.717) is 31.9 Å². The third kappa shape index (κ3) is 6.50. The predicted octanol–water partition coefficient (Wildman–Crippen LogP) is 7.75. The fraction of sp³-hybridized carbons (Fsp3) is 0.241. The largest absolute Gasteiger partial charge is 0.344 e. The number of hydrogen-bond acceptors (Lipinski definition) is 2. The van der Waals surface area contributed by atoms with E-state index in [1.54, 1.807) is 12.1 Å². The fourth-order valence-electron chi connectivity index (χ4n) is 4.65. The minimum Gasteiger partial charge on any atom is -0.344 e. The van der Waals surface area contributed by atoms with Gasteiger partial charge in [0.05, 0.1) is 11.4 Å². The van der Waals surface area contributed by atoms with Crippen molar-refractivity contribution >= 4 is 69.2 Å². The molecule has 2 heterocycles. The summed E-state index contributed by atoms with van der Waals surface area (Å²) in [6.45, 7) is 2.04. The van der Waals surface area contributed by atoms with Gasteiger partial charge in [-0.25, -0.2) is 9.13 Å². The Kier molecular flexibility index (Phi) is 7.83. The Morgan fingerprint density at radius 3 is 1.22 bits per heavy atom. The summed E-state index contributed by atoms with van der Waals surface area (Å²) in [6.07, 6.45) is 9.83. The molecule has 190 valence electrons. The van der Waals surface area contributed by atoms with E-state index in [9.17, 15) is 0 Å². The highest BCUT2D eigenvalue weighted by Crippen LogP contribution is 2.39. The maximum Gasteiger partial charge on any atom is 0.170 e. The number of nitrogens with zero attached hydrogens (tertiary/aromatic N) is 4. The molecule has 0 unspecified atom stereocenters. The standard InChI is InChI=1S/C29H28Cl4N4/c1-34(28-14-22(30)12-23(31)15-28)26-3-7-36(8-4-26)18-20-11-21(20)19-37-9-5-27(6-10-37)35(2)29-16-24(32)13-25(33)17-29/h3-10,12-17,20-21H,11,18-19H2,1-2H3/q+2/t20-,21-/m1/s1. The van der Waals surface area contributed by atoms with E-state index >= 15 is 0 Å². The number of rotatable bonds is 8. The molecule has 8 heteroatoms. The third-order valence-electron chi connectivity index (χ3n) is 6.95. The predicted molar refractivity (Wildman–Crippen MR) is 154 cm³/mol. The van der Waals surface area contributed by atoms with E-state index in [0.717, 1.165) is 35.8 Å². The lowest BCUT2D eigenvalue weighted by Gasteiger charge is -2.19. The van der Waals surface area contributed by atoms with E-state index in [1.165, 1.54) is 6.42 Å². The molecule has 0 radical (unpaired) electrons. The summed E-state index contributed by atoms with van der Waals surface area (Å²) in [4.78, 5) is 4.17. The van der Waals surface area contributed by atoms with Gasteiger partial charge < -0.3 is 9.80 Å². The van der Waals surface area contributed by atoms with E-state index in [2.05, 4.69) is 68.0 Å². The van der Waals surface area contributed by atoms with Crippen LogP contribution < -0.4 is 18.9 Å². The van der Waals surface area contributed by atoms with Gasteiger partial charge in [-0.15, -0.1) is 0 Å². The Labute approximate surface area is 238 Å². The first-order valence-electron chi connectivity index (χ1n) is 12.1. The Bertz CT molecular complexity index is 1240. The summed E-state index contributed by atoms with van der Waals surface area (Å²) in [5, 5.41) is 2.52. The molecular weight excluding hydrogens is 546 g/mol. The van der Waals surface area contributed by atoms with Crippen LogP contribution in [0.3, 0.4) is 0 Å². The molecule has 37 heavy (non-hydrogen) atoms. The summed E-state index contributed by atoms with van der Waals surface area (Å²) in [5.41, 5.74) is 4.09. The van der Waals surface area contributed by atoms with Gasteiger partial charge in [0.25, 0.3) is 0 Å². The summed E-state index contributed by atoms with van der Waals surface area (Å²) < 4.78 is 4.54. The summed E-state index contributed by atoms with van der Waals surface area (Å²) in [6, 6.07) is 19.7. The minimum absolute atomic E-state index is 0.630. The average molecular weight is 574 g/mol. The lowest BCUT2D eigenvalue weighted by molar-refractivity contribution is -0.709. The minimum atomic E-state index is 0.630. The number of anilines is 4. The molecule has 0 saturated heterocycles. The topological polar surface area (TPSA) is 14.2 Å². The lowest BCUT2D eigenvalue weighted by atomic mass is 10.2. The van der Waals surface area contributed by atoms with Gasteiger partial charge >= 0.3 is 0 Å². The second kappa shape index (κ2) is 11.1. The van der Waals surface area contributed by atoms with Crippen molar-refractivity contribution in [1.82, 2.24) is 0 Å². The van der Waals surface area contributed by atoms with Gasteiger partial charge in [0.1, 0.15) is 0 Å². The highest BCUT2D eigenvalue weighted by atomic mass is 35.5. The normalized spacial score (nSPS) is 16.5. The second-order valence-electron chi connectivity index (χ2n) is 9.64. The Hall–Kier alpha value is -2.50. The van der Waals surface area contributed by atoms with Crippen LogP contribution in [0.5, 0.6) is 0 Å². The molecule has 0 aliphatic heterocycles. The highest BCUT2D eigenvalue weighted by molar-refractivity contribution is 6.35. The number of hydrogen-bond donors (Lipinski definition) is 0. The maximum absolute atomic E-state index is 6.17. The van der Waals surface area contributed by atoms with Crippen molar-refractivity contribution in [2.45, 2.75) is 19.5 Å². The number of halogens is 4. The molecule has 1 aliphatic carbocycles. The van der Waals surface area contributed by atoms with Crippen molar-refractivity contribution in [2.24, 2.45) is 11.8 Å². The molecule has 2 aromatic carbocycles. The first kappa shape index (κ1) is 26.1. The number of benzene rings is 2. The zero-order valence-electron chi connectivity index (χ0n) is 20.7. The average Bonchev–Trinajstić information content (AvgIpc) is 3.59. The molecule has 4 aromatic rings. The van der Waals surface area contributed by atoms with Crippen LogP contribution in [0.4, 0.5) is 22.7 Å². The number of aromatic nitrogens is 2. The molecule has 0 spiro atoms. The van der Waals surface area contributed by atoms with Gasteiger partial charge in [-0.1, -0.05) is 46.4 Å². The van der Waals surface area contributed by atoms with Gasteiger partial charge in [-0.2, -0.15) is 0 Å². The first-order valence-corrected chi connectivity index (χ1v) is 13.6. The van der Waals surface area contributed by atoms with Crippen molar-refractivity contribution in [3.8, 4) is 0 Å². The molecule has 2 atom stereocenters. The van der Waals surface area contributed by atoms with E-state index in [-0.39, 0.29) is 0 Å². The van der Waals surface area contributed by atoms with Gasteiger partial charge in [0, 0.05) is 81.7 Å². The van der Waals surface area contributed by atoms with Crippen LogP contribution >= 0.6 is 46.4 Å². The van der Waals surface area contributed by atoms with Gasteiger partial charge in [-0.3, -0.25) is 0 Å². The molecule has 0 bridgehead atoms. The first-order chi connectivity index (χ1) is 17.7. The van der Waals surface area contributed by atoms with Crippen LogP contribution in [0.25, 0.3) is 0 Å². The van der Waals surface area contributed by atoms with Crippen molar-refractivity contribution in [3.05, 3.63) is 106 Å². The van der Waals surface area contributed by atoms with Crippen molar-refractivity contribution in [1.29, 1.82) is 0 Å². The molecule has 1 aliphatic rings. The molecule has 5 rings (SSSR count). The van der Waals surface area contributed by atoms with Crippen LogP contribution in [0.15, 0.2) is 85.5 Å². The lowest BCUT2D eigenvalue weighted by Crippen LogP contribution is -2.37. The molecule has 0 N–H and O–H groups in total.